The van der Waals surface area contributed by atoms with Gasteiger partial charge < -0.3 is 35.4 Å². The molecule has 2 fully saturated rings. The van der Waals surface area contributed by atoms with Crippen molar-refractivity contribution in [2.24, 2.45) is 5.73 Å². The van der Waals surface area contributed by atoms with Gasteiger partial charge in [-0.2, -0.15) is 4.98 Å². The van der Waals surface area contributed by atoms with Crippen LogP contribution in [0.25, 0.3) is 17.2 Å². The van der Waals surface area contributed by atoms with E-state index >= 15 is 0 Å². The number of hydrogen-bond donors (Lipinski definition) is 4. The molecule has 0 unspecified atom stereocenters. The maximum atomic E-state index is 14.4. The maximum absolute atomic E-state index is 14.4. The first-order chi connectivity index (χ1) is 16.4. The summed E-state index contributed by atoms with van der Waals surface area (Å²) < 4.78 is 45.8. The molecule has 2 saturated heterocycles. The lowest BCUT2D eigenvalue weighted by molar-refractivity contribution is 0.00706. The summed E-state index contributed by atoms with van der Waals surface area (Å²) in [6.45, 7) is 0.538. The average molecular weight is 494 g/mol. The molecule has 5 N–H and O–H groups in total. The van der Waals surface area contributed by atoms with Gasteiger partial charge in [-0.1, -0.05) is 23.8 Å². The highest BCUT2D eigenvalue weighted by atomic mass is 35.5. The van der Waals surface area contributed by atoms with E-state index in [1.807, 2.05) is 0 Å². The third-order valence-corrected chi connectivity index (χ3v) is 5.98. The first kappa shape index (κ1) is 22.9. The number of hydrogen-bond acceptors (Lipinski definition) is 8. The number of pyridine rings is 1. The van der Waals surface area contributed by atoms with Crippen molar-refractivity contribution >= 4 is 34.7 Å². The van der Waals surface area contributed by atoms with E-state index in [-0.39, 0.29) is 54.8 Å². The van der Waals surface area contributed by atoms with Crippen LogP contribution in [-0.4, -0.2) is 64.2 Å². The fourth-order valence-electron chi connectivity index (χ4n) is 4.03. The third-order valence-electron chi connectivity index (χ3n) is 5.69. The van der Waals surface area contributed by atoms with Crippen LogP contribution in [0, 0.1) is 11.6 Å². The second-order valence-electron chi connectivity index (χ2n) is 8.01. The van der Waals surface area contributed by atoms with E-state index in [9.17, 15) is 13.9 Å². The molecule has 0 radical (unpaired) electrons. The molecule has 12 heteroatoms. The largest absolute Gasteiger partial charge is 0.456 e. The fourth-order valence-corrected chi connectivity index (χ4v) is 4.25. The number of rotatable bonds is 7. The zero-order valence-corrected chi connectivity index (χ0v) is 18.6. The topological polar surface area (TPSA) is 128 Å². The zero-order chi connectivity index (χ0) is 23.8. The van der Waals surface area contributed by atoms with Gasteiger partial charge in [0.25, 0.3) is 6.01 Å². The number of aliphatic hydroxyl groups excluding tert-OH is 1. The molecule has 5 rings (SSSR count). The van der Waals surface area contributed by atoms with Gasteiger partial charge in [0, 0.05) is 18.7 Å². The lowest BCUT2D eigenvalue weighted by Crippen LogP contribution is -2.34. The summed E-state index contributed by atoms with van der Waals surface area (Å²) in [6, 6.07) is 4.23. The predicted octanol–water partition coefficient (Wildman–Crippen LogP) is 2.38. The number of ether oxygens (including phenoxy) is 3. The van der Waals surface area contributed by atoms with Gasteiger partial charge in [-0.25, -0.2) is 13.8 Å². The van der Waals surface area contributed by atoms with Crippen molar-refractivity contribution in [1.29, 1.82) is 0 Å². The van der Waals surface area contributed by atoms with Gasteiger partial charge in [0.1, 0.15) is 35.8 Å². The number of aromatic amines is 1. The molecular weight excluding hydrogens is 472 g/mol. The van der Waals surface area contributed by atoms with Crippen LogP contribution in [0.4, 0.5) is 14.6 Å². The summed E-state index contributed by atoms with van der Waals surface area (Å²) in [5.41, 5.74) is 6.42. The number of aromatic nitrogens is 3. The van der Waals surface area contributed by atoms with Gasteiger partial charge in [-0.3, -0.25) is 0 Å². The zero-order valence-electron chi connectivity index (χ0n) is 17.8. The monoisotopic (exact) mass is 493 g/mol. The Morgan fingerprint density at radius 2 is 1.97 bits per heavy atom. The first-order valence-corrected chi connectivity index (χ1v) is 11.0. The van der Waals surface area contributed by atoms with Crippen LogP contribution in [0.15, 0.2) is 24.3 Å². The van der Waals surface area contributed by atoms with Crippen molar-refractivity contribution in [1.82, 2.24) is 15.0 Å². The molecule has 0 saturated carbocycles. The highest BCUT2D eigenvalue weighted by Gasteiger charge is 2.48. The van der Waals surface area contributed by atoms with Crippen LogP contribution in [0.2, 0.25) is 5.02 Å². The molecule has 9 nitrogen and oxygen atoms in total. The van der Waals surface area contributed by atoms with Crippen LogP contribution in [-0.2, 0) is 16.0 Å². The maximum Gasteiger partial charge on any atom is 0.296 e. The number of anilines is 1. The molecule has 1 aromatic carbocycles. The predicted molar refractivity (Wildman–Crippen MR) is 121 cm³/mol. The van der Waals surface area contributed by atoms with Crippen molar-refractivity contribution in [3.63, 3.8) is 0 Å². The Morgan fingerprint density at radius 1 is 1.21 bits per heavy atom. The number of benzene rings is 1. The molecule has 4 atom stereocenters. The van der Waals surface area contributed by atoms with Crippen LogP contribution in [0.3, 0.4) is 0 Å². The highest BCUT2D eigenvalue weighted by Crippen LogP contribution is 2.31. The third kappa shape index (κ3) is 4.44. The van der Waals surface area contributed by atoms with Crippen LogP contribution in [0.1, 0.15) is 11.1 Å². The van der Waals surface area contributed by atoms with E-state index in [0.29, 0.717) is 16.7 Å². The summed E-state index contributed by atoms with van der Waals surface area (Å²) in [5, 5.41) is 13.0. The number of fused-ring (bicyclic) bond motifs is 2. The van der Waals surface area contributed by atoms with Crippen LogP contribution >= 0.6 is 11.6 Å². The molecule has 34 heavy (non-hydrogen) atoms. The first-order valence-electron chi connectivity index (χ1n) is 10.7. The number of nitrogens with zero attached hydrogens (tertiary/aromatic N) is 2. The molecule has 0 spiro atoms. The Morgan fingerprint density at radius 3 is 2.74 bits per heavy atom. The van der Waals surface area contributed by atoms with E-state index in [4.69, 9.17) is 31.5 Å². The van der Waals surface area contributed by atoms with Gasteiger partial charge >= 0.3 is 0 Å². The standard InChI is InChI=1S/C22H22ClF2N5O4/c23-12-6-15-21(30-22(28-15)34-17-9-33-18-16(31)8-32-19(17)18)29-20(12)27-7-11-13(24)4-10(2-1-3-26)5-14(11)25/h1-2,4-6,16-19,31H,3,7-9,26H2,(H2,27,28,29,30)/b2-1+/t16-,17-,18-,19-/m1/s1. The number of halogens is 3. The normalized spacial score (nSPS) is 24.3. The van der Waals surface area contributed by atoms with Gasteiger partial charge in [0.05, 0.1) is 23.8 Å². The van der Waals surface area contributed by atoms with Crippen LogP contribution in [0.5, 0.6) is 6.01 Å². The number of nitrogens with one attached hydrogen (secondary N) is 2. The Labute approximate surface area is 197 Å². The molecule has 2 aliphatic rings. The number of imidazole rings is 1. The second kappa shape index (κ2) is 9.43. The summed E-state index contributed by atoms with van der Waals surface area (Å²) in [5.74, 6) is -1.19. The summed E-state index contributed by atoms with van der Waals surface area (Å²) in [6.07, 6.45) is 1.21. The lowest BCUT2D eigenvalue weighted by atomic mass is 10.1. The van der Waals surface area contributed by atoms with Gasteiger partial charge in [0.15, 0.2) is 11.8 Å². The van der Waals surface area contributed by atoms with Crippen molar-refractivity contribution in [2.75, 3.05) is 25.1 Å². The minimum absolute atomic E-state index is 0.150. The van der Waals surface area contributed by atoms with E-state index in [2.05, 4.69) is 20.3 Å². The lowest BCUT2D eigenvalue weighted by Gasteiger charge is -2.15. The molecule has 4 heterocycles. The van der Waals surface area contributed by atoms with Crippen LogP contribution < -0.4 is 15.8 Å². The van der Waals surface area contributed by atoms with Gasteiger partial charge in [0.2, 0.25) is 0 Å². The molecule has 0 aliphatic carbocycles. The molecule has 3 aromatic rings. The summed E-state index contributed by atoms with van der Waals surface area (Å²) >= 11 is 6.31. The minimum atomic E-state index is -0.701. The molecular formula is C22H22ClF2N5O4. The van der Waals surface area contributed by atoms with Crippen molar-refractivity contribution in [2.45, 2.75) is 31.0 Å². The Balaban J connectivity index is 1.30. The summed E-state index contributed by atoms with van der Waals surface area (Å²) in [4.78, 5) is 11.6. The second-order valence-corrected chi connectivity index (χ2v) is 8.41. The van der Waals surface area contributed by atoms with E-state index in [0.717, 1.165) is 0 Å². The molecule has 2 aromatic heterocycles. The average Bonchev–Trinajstić information content (AvgIpc) is 3.48. The van der Waals surface area contributed by atoms with Gasteiger partial charge in [-0.05, 0) is 23.8 Å². The van der Waals surface area contributed by atoms with Gasteiger partial charge in [-0.15, -0.1) is 0 Å². The smallest absolute Gasteiger partial charge is 0.296 e. The van der Waals surface area contributed by atoms with Crippen molar-refractivity contribution in [3.05, 3.63) is 52.1 Å². The Bertz CT molecular complexity index is 1220. The number of H-pyrrole nitrogens is 1. The van der Waals surface area contributed by atoms with E-state index in [1.54, 1.807) is 18.2 Å². The van der Waals surface area contributed by atoms with Crippen molar-refractivity contribution < 1.29 is 28.1 Å². The SMILES string of the molecule is NC/C=C/c1cc(F)c(CNc2nc3nc(O[C@@H]4CO[C@H]5[C@@H]4OC[C@H]5O)[nH]c3cc2Cl)c(F)c1. The number of nitrogens with two attached hydrogens (primary N) is 1. The highest BCUT2D eigenvalue weighted by molar-refractivity contribution is 6.33. The number of aliphatic hydroxyl groups is 1. The molecule has 2 aliphatic heterocycles. The quantitative estimate of drug-likeness (QED) is 0.395. The Kier molecular flexibility index (Phi) is 6.36. The minimum Gasteiger partial charge on any atom is -0.456 e. The molecule has 0 amide bonds. The fraction of sp³-hybridized carbons (Fsp3) is 0.364. The van der Waals surface area contributed by atoms with E-state index in [1.165, 1.54) is 12.1 Å². The molecule has 180 valence electrons. The van der Waals surface area contributed by atoms with Crippen molar-refractivity contribution in [3.8, 4) is 6.01 Å². The van der Waals surface area contributed by atoms with E-state index < -0.39 is 29.9 Å². The molecule has 0 bridgehead atoms. The summed E-state index contributed by atoms with van der Waals surface area (Å²) in [7, 11) is 0. The Hall–Kier alpha value is -2.83.